The molecule has 0 aliphatic rings. The summed E-state index contributed by atoms with van der Waals surface area (Å²) >= 11 is 0. The second-order valence-corrected chi connectivity index (χ2v) is 5.40. The summed E-state index contributed by atoms with van der Waals surface area (Å²) in [5.41, 5.74) is 1.63. The molecule has 0 fully saturated rings. The molecule has 0 saturated carbocycles. The van der Waals surface area contributed by atoms with Gasteiger partial charge < -0.3 is 10.1 Å². The van der Waals surface area contributed by atoms with Crippen molar-refractivity contribution in [2.75, 3.05) is 7.11 Å². The molecule has 26 heavy (non-hydrogen) atoms. The van der Waals surface area contributed by atoms with Crippen LogP contribution in [0.15, 0.2) is 60.9 Å². The fourth-order valence-corrected chi connectivity index (χ4v) is 2.55. The molecule has 3 rings (SSSR count). The van der Waals surface area contributed by atoms with Crippen molar-refractivity contribution in [2.24, 2.45) is 0 Å². The number of methoxy groups -OCH3 is 1. The van der Waals surface area contributed by atoms with Gasteiger partial charge >= 0.3 is 0 Å². The lowest BCUT2D eigenvalue weighted by atomic mass is 10.1. The number of carbonyl (C=O) groups excluding carboxylic acids is 1. The summed E-state index contributed by atoms with van der Waals surface area (Å²) in [4.78, 5) is 22.9. The molecule has 8 heteroatoms. The zero-order valence-corrected chi connectivity index (χ0v) is 14.0. The molecule has 132 valence electrons. The first-order valence-corrected chi connectivity index (χ1v) is 7.78. The highest BCUT2D eigenvalue weighted by atomic mass is 16.6. The van der Waals surface area contributed by atoms with E-state index < -0.39 is 10.8 Å². The molecular formula is C18H16N4O4. The highest BCUT2D eigenvalue weighted by Crippen LogP contribution is 2.24. The number of nitro benzene ring substituents is 1. The smallest absolute Gasteiger partial charge is 0.270 e. The number of aromatic nitrogens is 2. The summed E-state index contributed by atoms with van der Waals surface area (Å²) < 4.78 is 6.84. The van der Waals surface area contributed by atoms with E-state index in [1.165, 1.54) is 25.3 Å². The SMILES string of the molecule is COc1ccc([N+](=O)[O-])cc1C(=O)NCc1ccccc1-n1cccn1. The molecule has 0 bridgehead atoms. The summed E-state index contributed by atoms with van der Waals surface area (Å²) in [5, 5.41) is 17.9. The maximum absolute atomic E-state index is 12.5. The maximum Gasteiger partial charge on any atom is 0.270 e. The first-order valence-electron chi connectivity index (χ1n) is 7.78. The van der Waals surface area contributed by atoms with Crippen molar-refractivity contribution >= 4 is 11.6 Å². The van der Waals surface area contributed by atoms with Crippen LogP contribution in [0.2, 0.25) is 0 Å². The molecule has 1 amide bonds. The van der Waals surface area contributed by atoms with E-state index in [2.05, 4.69) is 10.4 Å². The van der Waals surface area contributed by atoms with E-state index in [1.807, 2.05) is 36.5 Å². The van der Waals surface area contributed by atoms with Crippen molar-refractivity contribution in [1.82, 2.24) is 15.1 Å². The number of hydrogen-bond donors (Lipinski definition) is 1. The third-order valence-corrected chi connectivity index (χ3v) is 3.82. The fraction of sp³-hybridized carbons (Fsp3) is 0.111. The monoisotopic (exact) mass is 352 g/mol. The number of carbonyl (C=O) groups is 1. The Morgan fingerprint density at radius 1 is 1.27 bits per heavy atom. The third-order valence-electron chi connectivity index (χ3n) is 3.82. The zero-order chi connectivity index (χ0) is 18.5. The number of nitrogens with zero attached hydrogens (tertiary/aromatic N) is 3. The van der Waals surface area contributed by atoms with Gasteiger partial charge in [-0.25, -0.2) is 4.68 Å². The van der Waals surface area contributed by atoms with Crippen LogP contribution in [-0.4, -0.2) is 27.7 Å². The molecule has 3 aromatic rings. The van der Waals surface area contributed by atoms with Gasteiger partial charge in [-0.15, -0.1) is 0 Å². The Kier molecular flexibility index (Phi) is 4.93. The van der Waals surface area contributed by atoms with Gasteiger partial charge in [-0.3, -0.25) is 14.9 Å². The molecule has 8 nitrogen and oxygen atoms in total. The van der Waals surface area contributed by atoms with Crippen molar-refractivity contribution in [2.45, 2.75) is 6.54 Å². The number of nitro groups is 1. The lowest BCUT2D eigenvalue weighted by Crippen LogP contribution is -2.24. The van der Waals surface area contributed by atoms with Crippen molar-refractivity contribution in [3.8, 4) is 11.4 Å². The summed E-state index contributed by atoms with van der Waals surface area (Å²) in [6.45, 7) is 0.237. The highest BCUT2D eigenvalue weighted by molar-refractivity contribution is 5.97. The molecule has 1 aromatic heterocycles. The highest BCUT2D eigenvalue weighted by Gasteiger charge is 2.17. The van der Waals surface area contributed by atoms with Crippen LogP contribution in [0.4, 0.5) is 5.69 Å². The Hall–Kier alpha value is -3.68. The Labute approximate surface area is 149 Å². The number of nitrogens with one attached hydrogen (secondary N) is 1. The van der Waals surface area contributed by atoms with Gasteiger partial charge in [0.05, 0.1) is 23.3 Å². The summed E-state index contributed by atoms with van der Waals surface area (Å²) in [7, 11) is 1.41. The Morgan fingerprint density at radius 3 is 2.77 bits per heavy atom. The predicted octanol–water partition coefficient (Wildman–Crippen LogP) is 2.72. The van der Waals surface area contributed by atoms with Crippen molar-refractivity contribution in [1.29, 1.82) is 0 Å². The summed E-state index contributed by atoms with van der Waals surface area (Å²) in [6.07, 6.45) is 3.48. The largest absolute Gasteiger partial charge is 0.496 e. The van der Waals surface area contributed by atoms with E-state index in [4.69, 9.17) is 4.74 Å². The van der Waals surface area contributed by atoms with Crippen LogP contribution in [0.3, 0.4) is 0 Å². The van der Waals surface area contributed by atoms with Crippen LogP contribution in [0.25, 0.3) is 5.69 Å². The molecule has 1 N–H and O–H groups in total. The average Bonchev–Trinajstić information content (AvgIpc) is 3.20. The number of ether oxygens (including phenoxy) is 1. The van der Waals surface area contributed by atoms with Crippen LogP contribution >= 0.6 is 0 Å². The van der Waals surface area contributed by atoms with E-state index in [0.29, 0.717) is 0 Å². The van der Waals surface area contributed by atoms with E-state index >= 15 is 0 Å². The fourth-order valence-electron chi connectivity index (χ4n) is 2.55. The molecule has 0 aliphatic heterocycles. The first-order chi connectivity index (χ1) is 12.6. The molecular weight excluding hydrogens is 336 g/mol. The number of para-hydroxylation sites is 1. The summed E-state index contributed by atoms with van der Waals surface area (Å²) in [5.74, 6) is -0.186. The van der Waals surface area contributed by atoms with E-state index in [-0.39, 0.29) is 23.5 Å². The normalized spacial score (nSPS) is 10.3. The van der Waals surface area contributed by atoms with E-state index in [9.17, 15) is 14.9 Å². The molecule has 0 spiro atoms. The minimum Gasteiger partial charge on any atom is -0.496 e. The number of amides is 1. The Bertz CT molecular complexity index is 938. The second-order valence-electron chi connectivity index (χ2n) is 5.40. The van der Waals surface area contributed by atoms with Crippen molar-refractivity contribution < 1.29 is 14.5 Å². The van der Waals surface area contributed by atoms with Crippen LogP contribution in [-0.2, 0) is 6.54 Å². The number of non-ortho nitro benzene ring substituents is 1. The molecule has 0 unspecified atom stereocenters. The van der Waals surface area contributed by atoms with Gasteiger partial charge in [0.1, 0.15) is 5.75 Å². The molecule has 0 radical (unpaired) electrons. The van der Waals surface area contributed by atoms with Crippen LogP contribution in [0, 0.1) is 10.1 Å². The molecule has 0 saturated heterocycles. The lowest BCUT2D eigenvalue weighted by molar-refractivity contribution is -0.384. The third kappa shape index (κ3) is 3.54. The van der Waals surface area contributed by atoms with Gasteiger partial charge in [-0.1, -0.05) is 18.2 Å². The minimum atomic E-state index is -0.552. The van der Waals surface area contributed by atoms with E-state index in [0.717, 1.165) is 11.3 Å². The zero-order valence-electron chi connectivity index (χ0n) is 14.0. The van der Waals surface area contributed by atoms with Gasteiger partial charge in [-0.2, -0.15) is 5.10 Å². The molecule has 1 heterocycles. The van der Waals surface area contributed by atoms with Crippen LogP contribution in [0.5, 0.6) is 5.75 Å². The Balaban J connectivity index is 1.82. The summed E-state index contributed by atoms with van der Waals surface area (Å²) in [6, 6.07) is 13.2. The second kappa shape index (κ2) is 7.47. The topological polar surface area (TPSA) is 99.3 Å². The molecule has 0 aliphatic carbocycles. The van der Waals surface area contributed by atoms with Crippen LogP contribution in [0.1, 0.15) is 15.9 Å². The predicted molar refractivity (Wildman–Crippen MR) is 94.4 cm³/mol. The van der Waals surface area contributed by atoms with Gasteiger partial charge in [0.15, 0.2) is 0 Å². The van der Waals surface area contributed by atoms with E-state index in [1.54, 1.807) is 10.9 Å². The molecule has 2 aromatic carbocycles. The minimum absolute atomic E-state index is 0.110. The van der Waals surface area contributed by atoms with Gasteiger partial charge in [0.2, 0.25) is 0 Å². The number of rotatable bonds is 6. The number of hydrogen-bond acceptors (Lipinski definition) is 5. The number of benzene rings is 2. The quantitative estimate of drug-likeness (QED) is 0.543. The Morgan fingerprint density at radius 2 is 2.08 bits per heavy atom. The van der Waals surface area contributed by atoms with Gasteiger partial charge in [0.25, 0.3) is 11.6 Å². The molecule has 0 atom stereocenters. The standard InChI is InChI=1S/C18H16N4O4/c1-26-17-8-7-14(22(24)25)11-15(17)18(23)19-12-13-5-2-3-6-16(13)21-10-4-9-20-21/h2-11H,12H2,1H3,(H,19,23). The first kappa shape index (κ1) is 17.2. The lowest BCUT2D eigenvalue weighted by Gasteiger charge is -2.12. The van der Waals surface area contributed by atoms with Gasteiger partial charge in [0, 0.05) is 31.1 Å². The average molecular weight is 352 g/mol. The van der Waals surface area contributed by atoms with Crippen LogP contribution < -0.4 is 10.1 Å². The van der Waals surface area contributed by atoms with Gasteiger partial charge in [-0.05, 0) is 23.8 Å². The maximum atomic E-state index is 12.5. The van der Waals surface area contributed by atoms with Crippen molar-refractivity contribution in [3.63, 3.8) is 0 Å². The van der Waals surface area contributed by atoms with Crippen molar-refractivity contribution in [3.05, 3.63) is 82.2 Å².